The number of piperidine rings is 1. The molecule has 1 aliphatic rings. The van der Waals surface area contributed by atoms with Crippen molar-refractivity contribution < 1.29 is 13.2 Å². The maximum atomic E-state index is 12.9. The zero-order chi connectivity index (χ0) is 15.1. The second-order valence-corrected chi connectivity index (χ2v) is 6.36. The highest BCUT2D eigenvalue weighted by Crippen LogP contribution is 2.36. The minimum Gasteiger partial charge on any atom is -0.368 e. The first kappa shape index (κ1) is 15.6. The van der Waals surface area contributed by atoms with E-state index >= 15 is 0 Å². The van der Waals surface area contributed by atoms with Crippen LogP contribution in [0.2, 0.25) is 0 Å². The number of rotatable bonds is 1. The number of nitrogens with two attached hydrogens (primary N) is 1. The summed E-state index contributed by atoms with van der Waals surface area (Å²) in [5.74, 6) is 0.247. The molecular formula is C14H18BrF3N2. The Kier molecular flexibility index (Phi) is 4.35. The number of halogens is 4. The van der Waals surface area contributed by atoms with Crippen molar-refractivity contribution in [3.8, 4) is 0 Å². The van der Waals surface area contributed by atoms with E-state index in [0.717, 1.165) is 12.5 Å². The number of alkyl halides is 3. The van der Waals surface area contributed by atoms with Crippen LogP contribution in [0.25, 0.3) is 0 Å². The van der Waals surface area contributed by atoms with Crippen molar-refractivity contribution in [2.24, 2.45) is 11.7 Å². The first-order valence-electron chi connectivity index (χ1n) is 6.60. The molecule has 0 amide bonds. The second kappa shape index (κ2) is 5.56. The van der Waals surface area contributed by atoms with Gasteiger partial charge in [0.25, 0.3) is 0 Å². The van der Waals surface area contributed by atoms with E-state index in [2.05, 4.69) is 15.9 Å². The van der Waals surface area contributed by atoms with E-state index in [1.54, 1.807) is 6.07 Å². The zero-order valence-corrected chi connectivity index (χ0v) is 13.0. The van der Waals surface area contributed by atoms with E-state index in [0.29, 0.717) is 16.7 Å². The van der Waals surface area contributed by atoms with E-state index in [1.807, 2.05) is 18.7 Å². The van der Waals surface area contributed by atoms with Crippen molar-refractivity contribution in [2.45, 2.75) is 38.5 Å². The third-order valence-electron chi connectivity index (χ3n) is 4.17. The highest BCUT2D eigenvalue weighted by Gasteiger charge is 2.34. The standard InChI is InChI=1S/C14H18BrF3N2/c1-8-9(2)20(4-3-13(8)19)12-6-10(14(16,17)18)5-11(15)7-12/h5-9,13H,3-4,19H2,1-2H3. The molecule has 1 aromatic carbocycles. The van der Waals surface area contributed by atoms with Crippen molar-refractivity contribution in [1.29, 1.82) is 0 Å². The van der Waals surface area contributed by atoms with Crippen LogP contribution in [0.1, 0.15) is 25.8 Å². The van der Waals surface area contributed by atoms with E-state index in [-0.39, 0.29) is 18.0 Å². The number of hydrogen-bond donors (Lipinski definition) is 1. The Morgan fingerprint density at radius 2 is 1.90 bits per heavy atom. The maximum absolute atomic E-state index is 12.9. The molecule has 0 bridgehead atoms. The lowest BCUT2D eigenvalue weighted by atomic mass is 9.87. The molecular weight excluding hydrogens is 333 g/mol. The molecule has 0 aliphatic carbocycles. The van der Waals surface area contributed by atoms with Crippen LogP contribution in [-0.2, 0) is 6.18 Å². The Hall–Kier alpha value is -0.750. The Morgan fingerprint density at radius 1 is 1.25 bits per heavy atom. The lowest BCUT2D eigenvalue weighted by Crippen LogP contribution is -2.51. The third-order valence-corrected chi connectivity index (χ3v) is 4.63. The van der Waals surface area contributed by atoms with Gasteiger partial charge < -0.3 is 10.6 Å². The molecule has 3 atom stereocenters. The van der Waals surface area contributed by atoms with Crippen LogP contribution in [0, 0.1) is 5.92 Å². The summed E-state index contributed by atoms with van der Waals surface area (Å²) in [6.07, 6.45) is -3.54. The van der Waals surface area contributed by atoms with E-state index < -0.39 is 11.7 Å². The van der Waals surface area contributed by atoms with Crippen LogP contribution in [0.3, 0.4) is 0 Å². The predicted octanol–water partition coefficient (Wildman–Crippen LogP) is 4.03. The van der Waals surface area contributed by atoms with Gasteiger partial charge in [0, 0.05) is 28.8 Å². The fourth-order valence-corrected chi connectivity index (χ4v) is 3.15. The summed E-state index contributed by atoms with van der Waals surface area (Å²) in [6.45, 7) is 4.74. The predicted molar refractivity (Wildman–Crippen MR) is 77.7 cm³/mol. The molecule has 0 radical (unpaired) electrons. The van der Waals surface area contributed by atoms with Crippen LogP contribution >= 0.6 is 15.9 Å². The smallest absolute Gasteiger partial charge is 0.368 e. The van der Waals surface area contributed by atoms with Gasteiger partial charge in [-0.2, -0.15) is 13.2 Å². The largest absolute Gasteiger partial charge is 0.416 e. The first-order valence-corrected chi connectivity index (χ1v) is 7.39. The molecule has 1 fully saturated rings. The topological polar surface area (TPSA) is 29.3 Å². The highest BCUT2D eigenvalue weighted by molar-refractivity contribution is 9.10. The van der Waals surface area contributed by atoms with Crippen molar-refractivity contribution in [2.75, 3.05) is 11.4 Å². The molecule has 3 unspecified atom stereocenters. The van der Waals surface area contributed by atoms with Crippen LogP contribution in [0.15, 0.2) is 22.7 Å². The Morgan fingerprint density at radius 3 is 2.50 bits per heavy atom. The third kappa shape index (κ3) is 3.11. The lowest BCUT2D eigenvalue weighted by Gasteiger charge is -2.43. The number of anilines is 1. The van der Waals surface area contributed by atoms with Gasteiger partial charge in [-0.15, -0.1) is 0 Å². The molecule has 1 heterocycles. The molecule has 0 spiro atoms. The minimum atomic E-state index is -4.33. The van der Waals surface area contributed by atoms with Crippen molar-refractivity contribution >= 4 is 21.6 Å². The average Bonchev–Trinajstić information content (AvgIpc) is 2.34. The highest BCUT2D eigenvalue weighted by atomic mass is 79.9. The summed E-state index contributed by atoms with van der Waals surface area (Å²) >= 11 is 3.17. The number of hydrogen-bond acceptors (Lipinski definition) is 2. The average molecular weight is 351 g/mol. The van der Waals surface area contributed by atoms with E-state index in [4.69, 9.17) is 5.73 Å². The van der Waals surface area contributed by atoms with Gasteiger partial charge in [-0.25, -0.2) is 0 Å². The van der Waals surface area contributed by atoms with E-state index in [1.165, 1.54) is 6.07 Å². The molecule has 1 saturated heterocycles. The molecule has 6 heteroatoms. The van der Waals surface area contributed by atoms with Gasteiger partial charge in [-0.3, -0.25) is 0 Å². The minimum absolute atomic E-state index is 0.107. The summed E-state index contributed by atoms with van der Waals surface area (Å²) in [5.41, 5.74) is 5.99. The molecule has 2 rings (SSSR count). The fourth-order valence-electron chi connectivity index (χ4n) is 2.66. The molecule has 112 valence electrons. The molecule has 0 saturated carbocycles. The van der Waals surface area contributed by atoms with Gasteiger partial charge >= 0.3 is 6.18 Å². The summed E-state index contributed by atoms with van der Waals surface area (Å²) in [4.78, 5) is 2.01. The van der Waals surface area contributed by atoms with Crippen LogP contribution in [0.5, 0.6) is 0 Å². The molecule has 20 heavy (non-hydrogen) atoms. The fraction of sp³-hybridized carbons (Fsp3) is 0.571. The summed E-state index contributed by atoms with van der Waals surface area (Å²) in [5, 5.41) is 0. The first-order chi connectivity index (χ1) is 9.20. The quantitative estimate of drug-likeness (QED) is 0.828. The van der Waals surface area contributed by atoms with Crippen molar-refractivity contribution in [3.05, 3.63) is 28.2 Å². The van der Waals surface area contributed by atoms with Gasteiger partial charge in [0.2, 0.25) is 0 Å². The molecule has 2 nitrogen and oxygen atoms in total. The van der Waals surface area contributed by atoms with Gasteiger partial charge in [0.05, 0.1) is 5.56 Å². The molecule has 1 aliphatic heterocycles. The van der Waals surface area contributed by atoms with Crippen molar-refractivity contribution in [1.82, 2.24) is 0 Å². The Labute approximate surface area is 125 Å². The lowest BCUT2D eigenvalue weighted by molar-refractivity contribution is -0.137. The second-order valence-electron chi connectivity index (χ2n) is 5.44. The maximum Gasteiger partial charge on any atom is 0.416 e. The van der Waals surface area contributed by atoms with Crippen LogP contribution in [-0.4, -0.2) is 18.6 Å². The van der Waals surface area contributed by atoms with Gasteiger partial charge in [0.1, 0.15) is 0 Å². The van der Waals surface area contributed by atoms with Gasteiger partial charge in [0.15, 0.2) is 0 Å². The summed E-state index contributed by atoms with van der Waals surface area (Å²) in [7, 11) is 0. The monoisotopic (exact) mass is 350 g/mol. The molecule has 0 aromatic heterocycles. The van der Waals surface area contributed by atoms with Crippen LogP contribution < -0.4 is 10.6 Å². The Balaban J connectivity index is 2.35. The molecule has 1 aromatic rings. The van der Waals surface area contributed by atoms with Gasteiger partial charge in [-0.05, 0) is 37.5 Å². The Bertz CT molecular complexity index is 490. The normalized spacial score (nSPS) is 27.8. The number of benzene rings is 1. The zero-order valence-electron chi connectivity index (χ0n) is 11.4. The SMILES string of the molecule is CC1C(N)CCN(c2cc(Br)cc(C(F)(F)F)c2)C1C. The number of nitrogens with zero attached hydrogens (tertiary/aromatic N) is 1. The summed E-state index contributed by atoms with van der Waals surface area (Å²) in [6, 6.07) is 4.28. The van der Waals surface area contributed by atoms with E-state index in [9.17, 15) is 13.2 Å². The van der Waals surface area contributed by atoms with Crippen molar-refractivity contribution in [3.63, 3.8) is 0 Å². The molecule has 2 N–H and O–H groups in total. The summed E-state index contributed by atoms with van der Waals surface area (Å²) < 4.78 is 39.1. The van der Waals surface area contributed by atoms with Crippen LogP contribution in [0.4, 0.5) is 18.9 Å². The van der Waals surface area contributed by atoms with Gasteiger partial charge in [-0.1, -0.05) is 22.9 Å².